The summed E-state index contributed by atoms with van der Waals surface area (Å²) in [6, 6.07) is 0. The molecule has 5 heteroatoms. The number of rotatable bonds is 7. The van der Waals surface area contributed by atoms with Gasteiger partial charge in [-0.25, -0.2) is 0 Å². The molecule has 0 aromatic carbocycles. The topological polar surface area (TPSA) is 61.5 Å². The number of nitrogens with two attached hydrogens (primary N) is 1. The highest BCUT2D eigenvalue weighted by Gasteiger charge is 2.46. The largest absolute Gasteiger partial charge is 0.465 e. The summed E-state index contributed by atoms with van der Waals surface area (Å²) in [5.41, 5.74) is 5.59. The van der Waals surface area contributed by atoms with Crippen LogP contribution in [0.15, 0.2) is 0 Å². The van der Waals surface area contributed by atoms with Gasteiger partial charge in [-0.1, -0.05) is 6.42 Å². The second kappa shape index (κ2) is 7.66. The van der Waals surface area contributed by atoms with Crippen molar-refractivity contribution in [1.29, 1.82) is 0 Å². The first kappa shape index (κ1) is 16.1. The van der Waals surface area contributed by atoms with E-state index in [0.29, 0.717) is 12.7 Å². The third-order valence-corrected chi connectivity index (χ3v) is 5.60. The fourth-order valence-corrected chi connectivity index (χ4v) is 4.40. The van der Waals surface area contributed by atoms with Crippen LogP contribution in [0.2, 0.25) is 0 Å². The van der Waals surface area contributed by atoms with Crippen molar-refractivity contribution >= 4 is 17.7 Å². The summed E-state index contributed by atoms with van der Waals surface area (Å²) in [4.78, 5) is 12.0. The molecule has 0 amide bonds. The van der Waals surface area contributed by atoms with Crippen molar-refractivity contribution in [2.75, 3.05) is 24.7 Å². The molecule has 116 valence electrons. The molecule has 2 fully saturated rings. The van der Waals surface area contributed by atoms with Crippen LogP contribution in [0, 0.1) is 5.92 Å². The van der Waals surface area contributed by atoms with Gasteiger partial charge in [0.2, 0.25) is 0 Å². The van der Waals surface area contributed by atoms with E-state index in [9.17, 15) is 4.79 Å². The highest BCUT2D eigenvalue weighted by Crippen LogP contribution is 2.37. The molecular weight excluding hydrogens is 274 g/mol. The third-order valence-electron chi connectivity index (χ3n) is 4.47. The van der Waals surface area contributed by atoms with Crippen molar-refractivity contribution in [3.63, 3.8) is 0 Å². The Bertz CT molecular complexity index is 320. The second-order valence-corrected chi connectivity index (χ2v) is 7.00. The van der Waals surface area contributed by atoms with Gasteiger partial charge in [-0.3, -0.25) is 4.79 Å². The molecule has 2 N–H and O–H groups in total. The maximum atomic E-state index is 12.0. The minimum atomic E-state index is -0.736. The zero-order valence-corrected chi connectivity index (χ0v) is 13.3. The minimum Gasteiger partial charge on any atom is -0.465 e. The number of hydrogen-bond acceptors (Lipinski definition) is 5. The van der Waals surface area contributed by atoms with Crippen LogP contribution in [0.4, 0.5) is 0 Å². The summed E-state index contributed by atoms with van der Waals surface area (Å²) >= 11 is 1.93. The molecule has 1 saturated carbocycles. The Kier molecular flexibility index (Phi) is 6.18. The van der Waals surface area contributed by atoms with Gasteiger partial charge in [0.25, 0.3) is 0 Å². The maximum absolute atomic E-state index is 12.0. The number of hydrogen-bond donors (Lipinski definition) is 1. The maximum Gasteiger partial charge on any atom is 0.326 e. The van der Waals surface area contributed by atoms with Gasteiger partial charge in [-0.2, -0.15) is 11.8 Å². The van der Waals surface area contributed by atoms with Gasteiger partial charge < -0.3 is 15.2 Å². The van der Waals surface area contributed by atoms with E-state index in [-0.39, 0.29) is 11.9 Å². The molecule has 1 heterocycles. The number of esters is 1. The average molecular weight is 301 g/mol. The van der Waals surface area contributed by atoms with Gasteiger partial charge >= 0.3 is 5.97 Å². The molecule has 2 aliphatic rings. The van der Waals surface area contributed by atoms with Crippen LogP contribution >= 0.6 is 11.8 Å². The first-order chi connectivity index (χ1) is 9.66. The van der Waals surface area contributed by atoms with Crippen molar-refractivity contribution in [2.24, 2.45) is 11.7 Å². The molecule has 0 radical (unpaired) electrons. The fraction of sp³-hybridized carbons (Fsp3) is 0.933. The van der Waals surface area contributed by atoms with Crippen molar-refractivity contribution in [1.82, 2.24) is 0 Å². The van der Waals surface area contributed by atoms with E-state index < -0.39 is 5.54 Å². The number of thioether (sulfide) groups is 1. The molecule has 0 aromatic heterocycles. The lowest BCUT2D eigenvalue weighted by atomic mass is 9.86. The van der Waals surface area contributed by atoms with Gasteiger partial charge in [-0.15, -0.1) is 0 Å². The van der Waals surface area contributed by atoms with Crippen LogP contribution in [0.3, 0.4) is 0 Å². The van der Waals surface area contributed by atoms with Crippen molar-refractivity contribution < 1.29 is 14.3 Å². The minimum absolute atomic E-state index is 0.202. The Morgan fingerprint density at radius 3 is 3.00 bits per heavy atom. The summed E-state index contributed by atoms with van der Waals surface area (Å²) in [6.45, 7) is 3.17. The van der Waals surface area contributed by atoms with E-state index in [2.05, 4.69) is 0 Å². The summed E-state index contributed by atoms with van der Waals surface area (Å²) in [6.07, 6.45) is 6.70. The standard InChI is InChI=1S/C15H27NO3S/c1-2-18-14(17)15(16)8-3-5-12(15)7-10-20-11-13-6-4-9-19-13/h12-13H,2-11,16H2,1H3. The molecule has 1 aliphatic heterocycles. The third kappa shape index (κ3) is 3.89. The van der Waals surface area contributed by atoms with Gasteiger partial charge in [0.15, 0.2) is 0 Å². The average Bonchev–Trinajstić information content (AvgIpc) is 3.06. The van der Waals surface area contributed by atoms with Gasteiger partial charge in [0.05, 0.1) is 12.7 Å². The SMILES string of the molecule is CCOC(=O)C1(N)CCCC1CCSCC1CCCO1. The van der Waals surface area contributed by atoms with Crippen molar-refractivity contribution in [2.45, 2.75) is 57.1 Å². The number of carbonyl (C=O) groups excluding carboxylic acids is 1. The predicted octanol–water partition coefficient (Wildman–Crippen LogP) is 2.35. The van der Waals surface area contributed by atoms with Crippen LogP contribution in [0.25, 0.3) is 0 Å². The van der Waals surface area contributed by atoms with Gasteiger partial charge in [-0.05, 0) is 50.7 Å². The summed E-state index contributed by atoms with van der Waals surface area (Å²) in [5, 5.41) is 0. The monoisotopic (exact) mass is 301 g/mol. The van der Waals surface area contributed by atoms with E-state index in [1.54, 1.807) is 0 Å². The molecule has 3 unspecified atom stereocenters. The molecular formula is C15H27NO3S. The molecule has 1 saturated heterocycles. The highest BCUT2D eigenvalue weighted by atomic mass is 32.2. The smallest absolute Gasteiger partial charge is 0.326 e. The van der Waals surface area contributed by atoms with Crippen LogP contribution in [-0.2, 0) is 14.3 Å². The molecule has 4 nitrogen and oxygen atoms in total. The molecule has 3 atom stereocenters. The van der Waals surface area contributed by atoms with Crippen LogP contribution < -0.4 is 5.73 Å². The van der Waals surface area contributed by atoms with Gasteiger partial charge in [0, 0.05) is 12.4 Å². The van der Waals surface area contributed by atoms with E-state index in [1.807, 2.05) is 18.7 Å². The summed E-state index contributed by atoms with van der Waals surface area (Å²) in [5.74, 6) is 2.21. The zero-order chi connectivity index (χ0) is 14.4. The molecule has 0 aromatic rings. The van der Waals surface area contributed by atoms with E-state index in [4.69, 9.17) is 15.2 Å². The zero-order valence-electron chi connectivity index (χ0n) is 12.4. The normalized spacial score (nSPS) is 33.5. The Hall–Kier alpha value is -0.260. The van der Waals surface area contributed by atoms with E-state index in [0.717, 1.165) is 43.8 Å². The van der Waals surface area contributed by atoms with Gasteiger partial charge in [0.1, 0.15) is 5.54 Å². The summed E-state index contributed by atoms with van der Waals surface area (Å²) in [7, 11) is 0. The molecule has 0 spiro atoms. The number of ether oxygens (including phenoxy) is 2. The lowest BCUT2D eigenvalue weighted by Crippen LogP contribution is -2.52. The van der Waals surface area contributed by atoms with Crippen LogP contribution in [0.1, 0.15) is 45.4 Å². The van der Waals surface area contributed by atoms with Crippen molar-refractivity contribution in [3.8, 4) is 0 Å². The number of carbonyl (C=O) groups is 1. The quantitative estimate of drug-likeness (QED) is 0.578. The summed E-state index contributed by atoms with van der Waals surface area (Å²) < 4.78 is 10.8. The molecule has 0 bridgehead atoms. The van der Waals surface area contributed by atoms with E-state index >= 15 is 0 Å². The Morgan fingerprint density at radius 2 is 2.30 bits per heavy atom. The molecule has 2 rings (SSSR count). The van der Waals surface area contributed by atoms with Crippen LogP contribution in [0.5, 0.6) is 0 Å². The molecule has 20 heavy (non-hydrogen) atoms. The Labute approximate surface area is 126 Å². The fourth-order valence-electron chi connectivity index (χ4n) is 3.25. The highest BCUT2D eigenvalue weighted by molar-refractivity contribution is 7.99. The Balaban J connectivity index is 1.71. The first-order valence-corrected chi connectivity index (χ1v) is 8.97. The second-order valence-electron chi connectivity index (χ2n) is 5.85. The Morgan fingerprint density at radius 1 is 1.45 bits per heavy atom. The van der Waals surface area contributed by atoms with Crippen LogP contribution in [-0.4, -0.2) is 42.3 Å². The lowest BCUT2D eigenvalue weighted by molar-refractivity contribution is -0.151. The van der Waals surface area contributed by atoms with E-state index in [1.165, 1.54) is 12.8 Å². The first-order valence-electron chi connectivity index (χ1n) is 7.82. The lowest BCUT2D eigenvalue weighted by Gasteiger charge is -2.29. The molecule has 1 aliphatic carbocycles. The predicted molar refractivity (Wildman–Crippen MR) is 81.8 cm³/mol. The van der Waals surface area contributed by atoms with Crippen molar-refractivity contribution in [3.05, 3.63) is 0 Å².